The molecule has 6 heteroatoms. The van der Waals surface area contributed by atoms with Crippen LogP contribution in [-0.2, 0) is 0 Å². The molecule has 2 aromatic carbocycles. The van der Waals surface area contributed by atoms with E-state index in [0.29, 0.717) is 5.75 Å². The van der Waals surface area contributed by atoms with E-state index in [-0.39, 0.29) is 5.56 Å². The van der Waals surface area contributed by atoms with Crippen LogP contribution in [0, 0.1) is 11.6 Å². The molecule has 0 saturated carbocycles. The zero-order valence-electron chi connectivity index (χ0n) is 11.4. The van der Waals surface area contributed by atoms with E-state index >= 15 is 0 Å². The summed E-state index contributed by atoms with van der Waals surface area (Å²) in [5.74, 6) is -1.04. The molecule has 0 aliphatic rings. The number of benzene rings is 2. The monoisotopic (exact) mass is 419 g/mol. The van der Waals surface area contributed by atoms with Crippen molar-refractivity contribution in [2.75, 3.05) is 12.4 Å². The highest BCUT2D eigenvalue weighted by Gasteiger charge is 2.16. The van der Waals surface area contributed by atoms with Gasteiger partial charge >= 0.3 is 0 Å². The van der Waals surface area contributed by atoms with Crippen LogP contribution in [0.3, 0.4) is 0 Å². The van der Waals surface area contributed by atoms with Gasteiger partial charge < -0.3 is 10.1 Å². The number of hydrogen-bond donors (Lipinski definition) is 1. The lowest BCUT2D eigenvalue weighted by Gasteiger charge is -2.19. The Bertz CT molecular complexity index is 664. The van der Waals surface area contributed by atoms with Gasteiger partial charge in [-0.1, -0.05) is 12.1 Å². The smallest absolute Gasteiger partial charge is 0.164 e. The number of halogens is 4. The lowest BCUT2D eigenvalue weighted by Crippen LogP contribution is -2.10. The van der Waals surface area contributed by atoms with E-state index in [1.807, 2.05) is 6.07 Å². The van der Waals surface area contributed by atoms with Gasteiger partial charge in [0.1, 0.15) is 5.75 Å². The molecule has 0 amide bonds. The van der Waals surface area contributed by atoms with Gasteiger partial charge in [-0.25, -0.2) is 8.78 Å². The van der Waals surface area contributed by atoms with E-state index in [1.54, 1.807) is 26.2 Å². The third kappa shape index (κ3) is 3.55. The molecule has 0 radical (unpaired) electrons. The fraction of sp³-hybridized carbons (Fsp3) is 0.200. The first-order valence-corrected chi connectivity index (χ1v) is 7.76. The Balaban J connectivity index is 2.31. The predicted molar refractivity (Wildman–Crippen MR) is 86.8 cm³/mol. The minimum Gasteiger partial charge on any atom is -0.495 e. The largest absolute Gasteiger partial charge is 0.495 e. The van der Waals surface area contributed by atoms with E-state index in [1.165, 1.54) is 6.07 Å². The first-order valence-electron chi connectivity index (χ1n) is 6.17. The molecule has 2 nitrogen and oxygen atoms in total. The summed E-state index contributed by atoms with van der Waals surface area (Å²) >= 11 is 6.81. The molecule has 2 rings (SSSR count). The quantitative estimate of drug-likeness (QED) is 0.687. The van der Waals surface area contributed by atoms with Crippen LogP contribution < -0.4 is 10.1 Å². The number of rotatable bonds is 4. The molecule has 0 heterocycles. The lowest BCUT2D eigenvalue weighted by atomic mass is 10.1. The zero-order valence-corrected chi connectivity index (χ0v) is 14.6. The summed E-state index contributed by atoms with van der Waals surface area (Å²) in [6.07, 6.45) is 0. The second-order valence-corrected chi connectivity index (χ2v) is 6.18. The van der Waals surface area contributed by atoms with Crippen LogP contribution in [0.25, 0.3) is 0 Å². The maximum Gasteiger partial charge on any atom is 0.164 e. The molecule has 1 atom stereocenters. The Morgan fingerprint density at radius 2 is 1.86 bits per heavy atom. The topological polar surface area (TPSA) is 21.3 Å². The van der Waals surface area contributed by atoms with E-state index in [2.05, 4.69) is 37.2 Å². The highest BCUT2D eigenvalue weighted by Crippen LogP contribution is 2.36. The van der Waals surface area contributed by atoms with Gasteiger partial charge in [-0.05, 0) is 50.9 Å². The Labute approximate surface area is 138 Å². The van der Waals surface area contributed by atoms with E-state index in [0.717, 1.165) is 20.7 Å². The Kier molecular flexibility index (Phi) is 5.22. The summed E-state index contributed by atoms with van der Waals surface area (Å²) < 4.78 is 33.9. The molecule has 1 unspecified atom stereocenters. The van der Waals surface area contributed by atoms with Gasteiger partial charge in [0, 0.05) is 16.1 Å². The maximum absolute atomic E-state index is 13.8. The van der Waals surface area contributed by atoms with Gasteiger partial charge in [-0.15, -0.1) is 0 Å². The SMILES string of the molecule is COc1cc(NC(C)c2cccc(F)c2F)c(Br)cc1Br. The summed E-state index contributed by atoms with van der Waals surface area (Å²) in [6.45, 7) is 1.76. The number of hydrogen-bond acceptors (Lipinski definition) is 2. The average Bonchev–Trinajstić information content (AvgIpc) is 2.44. The van der Waals surface area contributed by atoms with Crippen LogP contribution in [0.4, 0.5) is 14.5 Å². The van der Waals surface area contributed by atoms with Crippen molar-refractivity contribution < 1.29 is 13.5 Å². The van der Waals surface area contributed by atoms with Gasteiger partial charge in [0.25, 0.3) is 0 Å². The molecular weight excluding hydrogens is 408 g/mol. The van der Waals surface area contributed by atoms with Crippen molar-refractivity contribution in [3.05, 3.63) is 56.5 Å². The molecule has 1 N–H and O–H groups in total. The number of anilines is 1. The first-order chi connectivity index (χ1) is 9.93. The zero-order chi connectivity index (χ0) is 15.6. The fourth-order valence-corrected chi connectivity index (χ4v) is 3.23. The molecule has 0 aliphatic heterocycles. The van der Waals surface area contributed by atoms with Gasteiger partial charge in [0.05, 0.1) is 23.3 Å². The van der Waals surface area contributed by atoms with Crippen molar-refractivity contribution in [1.29, 1.82) is 0 Å². The first kappa shape index (κ1) is 16.2. The summed E-state index contributed by atoms with van der Waals surface area (Å²) in [5, 5.41) is 3.14. The minimum atomic E-state index is -0.853. The average molecular weight is 421 g/mol. The second-order valence-electron chi connectivity index (χ2n) is 4.48. The Hall–Kier alpha value is -1.14. The van der Waals surface area contributed by atoms with E-state index in [9.17, 15) is 8.78 Å². The van der Waals surface area contributed by atoms with Crippen LogP contribution in [-0.4, -0.2) is 7.11 Å². The molecule has 112 valence electrons. The van der Waals surface area contributed by atoms with Crippen molar-refractivity contribution in [1.82, 2.24) is 0 Å². The number of ether oxygens (including phenoxy) is 1. The van der Waals surface area contributed by atoms with Crippen molar-refractivity contribution in [3.63, 3.8) is 0 Å². The molecule has 0 saturated heterocycles. The molecule has 0 aliphatic carbocycles. The van der Waals surface area contributed by atoms with Crippen LogP contribution >= 0.6 is 31.9 Å². The highest BCUT2D eigenvalue weighted by atomic mass is 79.9. The van der Waals surface area contributed by atoms with Crippen molar-refractivity contribution >= 4 is 37.5 Å². The maximum atomic E-state index is 13.8. The van der Waals surface area contributed by atoms with Gasteiger partial charge in [-0.2, -0.15) is 0 Å². The normalized spacial score (nSPS) is 12.1. The summed E-state index contributed by atoms with van der Waals surface area (Å²) in [6, 6.07) is 7.35. The molecule has 2 aromatic rings. The van der Waals surface area contributed by atoms with Crippen LogP contribution in [0.5, 0.6) is 5.75 Å². The molecule has 0 aromatic heterocycles. The van der Waals surface area contributed by atoms with Gasteiger partial charge in [0.15, 0.2) is 11.6 Å². The standard InChI is InChI=1S/C15H13Br2F2NO/c1-8(9-4-3-5-12(18)15(9)19)20-13-7-14(21-2)11(17)6-10(13)16/h3-8,20H,1-2H3. The van der Waals surface area contributed by atoms with E-state index < -0.39 is 17.7 Å². The third-order valence-corrected chi connectivity index (χ3v) is 4.34. The second kappa shape index (κ2) is 6.75. The van der Waals surface area contributed by atoms with Crippen LogP contribution in [0.15, 0.2) is 39.3 Å². The summed E-state index contributed by atoms with van der Waals surface area (Å²) in [4.78, 5) is 0. The molecule has 0 fully saturated rings. The molecular formula is C15H13Br2F2NO. The van der Waals surface area contributed by atoms with E-state index in [4.69, 9.17) is 4.74 Å². The Morgan fingerprint density at radius 3 is 2.52 bits per heavy atom. The molecule has 21 heavy (non-hydrogen) atoms. The molecule has 0 spiro atoms. The van der Waals surface area contributed by atoms with Crippen molar-refractivity contribution in [2.24, 2.45) is 0 Å². The Morgan fingerprint density at radius 1 is 1.14 bits per heavy atom. The van der Waals surface area contributed by atoms with Gasteiger partial charge in [0.2, 0.25) is 0 Å². The molecule has 0 bridgehead atoms. The van der Waals surface area contributed by atoms with Crippen molar-refractivity contribution in [2.45, 2.75) is 13.0 Å². The van der Waals surface area contributed by atoms with Crippen LogP contribution in [0.1, 0.15) is 18.5 Å². The summed E-state index contributed by atoms with van der Waals surface area (Å²) in [5.41, 5.74) is 0.995. The third-order valence-electron chi connectivity index (χ3n) is 3.06. The number of methoxy groups -OCH3 is 1. The van der Waals surface area contributed by atoms with Crippen LogP contribution in [0.2, 0.25) is 0 Å². The lowest BCUT2D eigenvalue weighted by molar-refractivity contribution is 0.412. The summed E-state index contributed by atoms with van der Waals surface area (Å²) in [7, 11) is 1.56. The minimum absolute atomic E-state index is 0.267. The van der Waals surface area contributed by atoms with Crippen molar-refractivity contribution in [3.8, 4) is 5.75 Å². The predicted octanol–water partition coefficient (Wildman–Crippen LogP) is 5.67. The fourth-order valence-electron chi connectivity index (χ4n) is 1.96. The highest BCUT2D eigenvalue weighted by molar-refractivity contribution is 9.11. The van der Waals surface area contributed by atoms with Gasteiger partial charge in [-0.3, -0.25) is 0 Å². The number of nitrogens with one attached hydrogen (secondary N) is 1.